The zero-order valence-electron chi connectivity index (χ0n) is 17.3. The Morgan fingerprint density at radius 3 is 2.60 bits per heavy atom. The van der Waals surface area contributed by atoms with Gasteiger partial charge in [-0.3, -0.25) is 4.68 Å². The number of aryl methyl sites for hydroxylation is 1. The molecule has 0 atom stereocenters. The average Bonchev–Trinajstić information content (AvgIpc) is 3.02. The topological polar surface area (TPSA) is 103 Å². The highest BCUT2D eigenvalue weighted by molar-refractivity contribution is 9.10. The van der Waals surface area contributed by atoms with Gasteiger partial charge in [-0.25, -0.2) is 9.59 Å². The van der Waals surface area contributed by atoms with Crippen molar-refractivity contribution in [2.45, 2.75) is 39.3 Å². The molecule has 0 aliphatic carbocycles. The molecule has 2 aromatic carbocycles. The first-order chi connectivity index (χ1) is 14.1. The summed E-state index contributed by atoms with van der Waals surface area (Å²) in [6.07, 6.45) is -0.000418. The summed E-state index contributed by atoms with van der Waals surface area (Å²) in [4.78, 5) is 23.7. The predicted octanol–water partition coefficient (Wildman–Crippen LogP) is 4.57. The molecule has 0 unspecified atom stereocenters. The summed E-state index contributed by atoms with van der Waals surface area (Å²) in [5, 5.41) is 19.3. The van der Waals surface area contributed by atoms with Gasteiger partial charge in [-0.1, -0.05) is 6.07 Å². The number of carbonyl (C=O) groups excluding carboxylic acids is 1. The molecule has 9 heteroatoms. The quantitative estimate of drug-likeness (QED) is 0.503. The van der Waals surface area contributed by atoms with Crippen molar-refractivity contribution < 1.29 is 24.2 Å². The molecule has 0 saturated carbocycles. The van der Waals surface area contributed by atoms with Crippen LogP contribution >= 0.6 is 15.9 Å². The maximum atomic E-state index is 11.9. The molecule has 0 aliphatic heterocycles. The van der Waals surface area contributed by atoms with Crippen LogP contribution in [-0.4, -0.2) is 46.2 Å². The Labute approximate surface area is 182 Å². The third kappa shape index (κ3) is 4.67. The number of carboxylic acid groups (broad SMARTS) is 1. The first-order valence-corrected chi connectivity index (χ1v) is 10.3. The van der Waals surface area contributed by atoms with Crippen LogP contribution in [0.1, 0.15) is 37.7 Å². The normalized spacial score (nSPS) is 11.6. The van der Waals surface area contributed by atoms with Crippen LogP contribution in [0.25, 0.3) is 21.7 Å². The van der Waals surface area contributed by atoms with E-state index in [4.69, 9.17) is 9.47 Å². The van der Waals surface area contributed by atoms with Crippen molar-refractivity contribution in [3.05, 3.63) is 34.4 Å². The number of halogens is 1. The summed E-state index contributed by atoms with van der Waals surface area (Å²) < 4.78 is 12.8. The van der Waals surface area contributed by atoms with Crippen LogP contribution < -0.4 is 10.1 Å². The van der Waals surface area contributed by atoms with Crippen molar-refractivity contribution in [3.8, 4) is 5.75 Å². The molecule has 0 saturated heterocycles. The molecule has 3 rings (SSSR count). The number of benzene rings is 2. The Morgan fingerprint density at radius 1 is 1.23 bits per heavy atom. The van der Waals surface area contributed by atoms with Gasteiger partial charge in [-0.2, -0.15) is 5.10 Å². The fourth-order valence-electron chi connectivity index (χ4n) is 3.20. The minimum Gasteiger partial charge on any atom is -0.496 e. The number of carboxylic acids is 1. The monoisotopic (exact) mass is 477 g/mol. The van der Waals surface area contributed by atoms with Crippen LogP contribution in [0.2, 0.25) is 0 Å². The second kappa shape index (κ2) is 8.51. The fraction of sp³-hybridized carbons (Fsp3) is 0.381. The van der Waals surface area contributed by atoms with E-state index < -0.39 is 17.7 Å². The third-order valence-corrected chi connectivity index (χ3v) is 5.03. The van der Waals surface area contributed by atoms with Crippen molar-refractivity contribution in [1.29, 1.82) is 0 Å². The number of ether oxygens (including phenoxy) is 2. The molecule has 1 aromatic heterocycles. The van der Waals surface area contributed by atoms with Crippen molar-refractivity contribution in [2.24, 2.45) is 0 Å². The molecule has 160 valence electrons. The number of methoxy groups -OCH3 is 1. The Balaban J connectivity index is 1.86. The molecule has 0 aliphatic rings. The lowest BCUT2D eigenvalue weighted by Gasteiger charge is -2.19. The number of nitrogens with one attached hydrogen (secondary N) is 1. The number of nitrogens with zero attached hydrogens (tertiary/aromatic N) is 2. The van der Waals surface area contributed by atoms with E-state index in [1.807, 2.05) is 18.2 Å². The van der Waals surface area contributed by atoms with E-state index in [0.29, 0.717) is 36.2 Å². The predicted molar refractivity (Wildman–Crippen MR) is 117 cm³/mol. The largest absolute Gasteiger partial charge is 0.496 e. The summed E-state index contributed by atoms with van der Waals surface area (Å²) in [7, 11) is 1.59. The Kier molecular flexibility index (Phi) is 6.21. The van der Waals surface area contributed by atoms with Gasteiger partial charge in [-0.15, -0.1) is 0 Å². The van der Waals surface area contributed by atoms with Crippen LogP contribution in [0.4, 0.5) is 4.79 Å². The second-order valence-electron chi connectivity index (χ2n) is 7.83. The standard InChI is InChI=1S/C21H24BrN3O5/c1-21(2,3)30-20(28)23-8-5-9-25-18(19(26)27)13-7-6-12-10-16(29-4)15(22)11-14(12)17(13)24-25/h6-7,10-11H,5,8-9H2,1-4H3,(H,23,28)(H,26,27). The first kappa shape index (κ1) is 21.9. The van der Waals surface area contributed by atoms with Crippen LogP contribution in [0.3, 0.4) is 0 Å². The highest BCUT2D eigenvalue weighted by Crippen LogP contribution is 2.34. The number of fused-ring (bicyclic) bond motifs is 3. The molecule has 0 bridgehead atoms. The highest BCUT2D eigenvalue weighted by atomic mass is 79.9. The van der Waals surface area contributed by atoms with Gasteiger partial charge in [-0.05, 0) is 66.7 Å². The minimum absolute atomic E-state index is 0.121. The average molecular weight is 478 g/mol. The fourth-order valence-corrected chi connectivity index (χ4v) is 3.70. The molecule has 1 heterocycles. The van der Waals surface area contributed by atoms with E-state index in [0.717, 1.165) is 15.2 Å². The van der Waals surface area contributed by atoms with Crippen molar-refractivity contribution >= 4 is 49.7 Å². The summed E-state index contributed by atoms with van der Waals surface area (Å²) in [6, 6.07) is 7.37. The molecule has 30 heavy (non-hydrogen) atoms. The van der Waals surface area contributed by atoms with Crippen LogP contribution in [0, 0.1) is 0 Å². The van der Waals surface area contributed by atoms with E-state index in [-0.39, 0.29) is 5.69 Å². The summed E-state index contributed by atoms with van der Waals surface area (Å²) >= 11 is 3.48. The smallest absolute Gasteiger partial charge is 0.407 e. The minimum atomic E-state index is -1.05. The number of carbonyl (C=O) groups is 2. The number of rotatable bonds is 6. The molecule has 1 amide bonds. The lowest BCUT2D eigenvalue weighted by molar-refractivity contribution is 0.0525. The van der Waals surface area contributed by atoms with Gasteiger partial charge < -0.3 is 19.9 Å². The van der Waals surface area contributed by atoms with Crippen molar-refractivity contribution in [1.82, 2.24) is 15.1 Å². The van der Waals surface area contributed by atoms with E-state index in [9.17, 15) is 14.7 Å². The lowest BCUT2D eigenvalue weighted by atomic mass is 10.1. The first-order valence-electron chi connectivity index (χ1n) is 9.47. The zero-order chi connectivity index (χ0) is 22.1. The number of hydrogen-bond donors (Lipinski definition) is 2. The molecular formula is C21H24BrN3O5. The molecular weight excluding hydrogens is 454 g/mol. The maximum Gasteiger partial charge on any atom is 0.407 e. The number of aromatic carboxylic acids is 1. The Morgan fingerprint density at radius 2 is 1.97 bits per heavy atom. The molecule has 0 fully saturated rings. The number of hydrogen-bond acceptors (Lipinski definition) is 5. The highest BCUT2D eigenvalue weighted by Gasteiger charge is 2.20. The summed E-state index contributed by atoms with van der Waals surface area (Å²) in [5.41, 5.74) is 0.155. The van der Waals surface area contributed by atoms with Gasteiger partial charge in [0, 0.05) is 23.9 Å². The number of alkyl carbamates (subject to hydrolysis) is 1. The van der Waals surface area contributed by atoms with Gasteiger partial charge in [0.15, 0.2) is 5.69 Å². The number of aromatic nitrogens is 2. The Bertz CT molecular complexity index is 1120. The molecule has 8 nitrogen and oxygen atoms in total. The van der Waals surface area contributed by atoms with Crippen LogP contribution in [0.15, 0.2) is 28.7 Å². The van der Waals surface area contributed by atoms with Gasteiger partial charge in [0.05, 0.1) is 11.6 Å². The molecule has 0 radical (unpaired) electrons. The van der Waals surface area contributed by atoms with Gasteiger partial charge in [0.2, 0.25) is 0 Å². The van der Waals surface area contributed by atoms with E-state index >= 15 is 0 Å². The maximum absolute atomic E-state index is 11.9. The summed E-state index contributed by atoms with van der Waals surface area (Å²) in [5.74, 6) is -0.363. The van der Waals surface area contributed by atoms with E-state index in [1.165, 1.54) is 4.68 Å². The molecule has 2 N–H and O–H groups in total. The van der Waals surface area contributed by atoms with Gasteiger partial charge >= 0.3 is 12.1 Å². The van der Waals surface area contributed by atoms with E-state index in [1.54, 1.807) is 33.9 Å². The van der Waals surface area contributed by atoms with Crippen LogP contribution in [-0.2, 0) is 11.3 Å². The number of amides is 1. The van der Waals surface area contributed by atoms with Crippen molar-refractivity contribution in [2.75, 3.05) is 13.7 Å². The zero-order valence-corrected chi connectivity index (χ0v) is 18.9. The van der Waals surface area contributed by atoms with E-state index in [2.05, 4.69) is 26.3 Å². The van der Waals surface area contributed by atoms with Crippen molar-refractivity contribution in [3.63, 3.8) is 0 Å². The Hall–Kier alpha value is -2.81. The molecule has 3 aromatic rings. The molecule has 0 spiro atoms. The summed E-state index contributed by atoms with van der Waals surface area (Å²) in [6.45, 7) is 6.05. The lowest BCUT2D eigenvalue weighted by Crippen LogP contribution is -2.33. The van der Waals surface area contributed by atoms with Crippen LogP contribution in [0.5, 0.6) is 5.75 Å². The van der Waals surface area contributed by atoms with Gasteiger partial charge in [0.1, 0.15) is 16.9 Å². The third-order valence-electron chi connectivity index (χ3n) is 4.42. The second-order valence-corrected chi connectivity index (χ2v) is 8.68. The SMILES string of the molecule is COc1cc2ccc3c(C(=O)O)n(CCCNC(=O)OC(C)(C)C)nc3c2cc1Br. The van der Waals surface area contributed by atoms with Gasteiger partial charge in [0.25, 0.3) is 0 Å².